The quantitative estimate of drug-likeness (QED) is 0.466. The average Bonchev–Trinajstić information content (AvgIpc) is 3.06. The number of ether oxygens (including phenoxy) is 3. The maximum absolute atomic E-state index is 12.2. The molecule has 1 heterocycles. The lowest BCUT2D eigenvalue weighted by molar-refractivity contribution is -0.120. The van der Waals surface area contributed by atoms with E-state index in [0.717, 1.165) is 15.8 Å². The molecule has 1 aromatic heterocycles. The van der Waals surface area contributed by atoms with Gasteiger partial charge in [0.05, 0.1) is 44.2 Å². The Morgan fingerprint density at radius 2 is 1.86 bits per heavy atom. The summed E-state index contributed by atoms with van der Waals surface area (Å²) in [6.07, 6.45) is 1.68. The van der Waals surface area contributed by atoms with Crippen LogP contribution in [-0.4, -0.2) is 38.4 Å². The maximum Gasteiger partial charge on any atom is 0.244 e. The van der Waals surface area contributed by atoms with Gasteiger partial charge in [-0.15, -0.1) is 0 Å². The fourth-order valence-corrected chi connectivity index (χ4v) is 3.45. The van der Waals surface area contributed by atoms with Gasteiger partial charge in [0.25, 0.3) is 0 Å². The Bertz CT molecular complexity index is 1030. The lowest BCUT2D eigenvalue weighted by atomic mass is 10.1. The molecule has 2 aromatic carbocycles. The van der Waals surface area contributed by atoms with E-state index in [1.165, 1.54) is 17.6 Å². The van der Waals surface area contributed by atoms with E-state index in [4.69, 9.17) is 19.9 Å². The first-order chi connectivity index (χ1) is 13.5. The molecule has 0 aliphatic rings. The van der Waals surface area contributed by atoms with E-state index >= 15 is 0 Å². The Morgan fingerprint density at radius 3 is 2.57 bits per heavy atom. The molecule has 0 radical (unpaired) electrons. The molecule has 0 saturated heterocycles. The van der Waals surface area contributed by atoms with Crippen molar-refractivity contribution < 1.29 is 19.0 Å². The van der Waals surface area contributed by atoms with Crippen LogP contribution in [-0.2, 0) is 11.2 Å². The minimum absolute atomic E-state index is 0.189. The second-order valence-corrected chi connectivity index (χ2v) is 6.84. The van der Waals surface area contributed by atoms with Gasteiger partial charge in [0.2, 0.25) is 5.91 Å². The largest absolute Gasteiger partial charge is 0.496 e. The molecule has 0 atom stereocenters. The van der Waals surface area contributed by atoms with Crippen molar-refractivity contribution in [1.82, 2.24) is 10.4 Å². The molecule has 1 amide bonds. The number of hydrogen-bond acceptors (Lipinski definition) is 8. The van der Waals surface area contributed by atoms with Gasteiger partial charge in [-0.25, -0.2) is 10.4 Å². The predicted molar refractivity (Wildman–Crippen MR) is 110 cm³/mol. The third kappa shape index (κ3) is 4.32. The number of nitrogens with zero attached hydrogens (tertiary/aromatic N) is 2. The second-order valence-electron chi connectivity index (χ2n) is 5.77. The summed E-state index contributed by atoms with van der Waals surface area (Å²) >= 11 is 1.39. The van der Waals surface area contributed by atoms with Crippen molar-refractivity contribution in [1.29, 1.82) is 0 Å². The maximum atomic E-state index is 12.2. The Morgan fingerprint density at radius 1 is 1.14 bits per heavy atom. The molecular formula is C19H20N4O4S. The first-order valence-electron chi connectivity index (χ1n) is 8.31. The topological polar surface area (TPSA) is 108 Å². The zero-order valence-corrected chi connectivity index (χ0v) is 16.5. The van der Waals surface area contributed by atoms with Crippen molar-refractivity contribution >= 4 is 38.8 Å². The van der Waals surface area contributed by atoms with Crippen molar-refractivity contribution in [2.24, 2.45) is 5.10 Å². The van der Waals surface area contributed by atoms with E-state index in [1.54, 1.807) is 33.5 Å². The third-order valence-corrected chi connectivity index (χ3v) is 4.81. The number of nitrogens with two attached hydrogens (primary N) is 1. The molecule has 0 aliphatic heterocycles. The summed E-state index contributed by atoms with van der Waals surface area (Å²) in [5.74, 6) is 1.38. The molecule has 146 valence electrons. The summed E-state index contributed by atoms with van der Waals surface area (Å²) in [6, 6.07) is 9.02. The Labute approximate surface area is 165 Å². The van der Waals surface area contributed by atoms with Crippen LogP contribution in [0.15, 0.2) is 35.4 Å². The summed E-state index contributed by atoms with van der Waals surface area (Å²) in [4.78, 5) is 16.4. The van der Waals surface area contributed by atoms with Gasteiger partial charge in [0.15, 0.2) is 16.6 Å². The number of nitrogens with one attached hydrogen (secondary N) is 1. The van der Waals surface area contributed by atoms with Crippen LogP contribution in [0.3, 0.4) is 0 Å². The SMILES string of the molecule is COc1cc(OC)c(OC)cc1/C=N\NC(=O)Cc1ccc2nc(N)sc2c1. The lowest BCUT2D eigenvalue weighted by Gasteiger charge is -2.11. The van der Waals surface area contributed by atoms with Gasteiger partial charge in [-0.05, 0) is 23.8 Å². The number of anilines is 1. The standard InChI is InChI=1S/C19H20N4O4S/c1-25-14-9-16(27-3)15(26-2)8-12(14)10-21-23-18(24)7-11-4-5-13-17(6-11)28-19(20)22-13/h4-6,8-10H,7H2,1-3H3,(H2,20,22)(H,23,24)/b21-10-. The van der Waals surface area contributed by atoms with Crippen LogP contribution in [0.1, 0.15) is 11.1 Å². The minimum Gasteiger partial charge on any atom is -0.496 e. The van der Waals surface area contributed by atoms with Crippen molar-refractivity contribution in [3.8, 4) is 17.2 Å². The van der Waals surface area contributed by atoms with Crippen molar-refractivity contribution in [2.75, 3.05) is 27.1 Å². The van der Waals surface area contributed by atoms with Crippen LogP contribution in [0, 0.1) is 0 Å². The molecule has 0 spiro atoms. The van der Waals surface area contributed by atoms with Crippen LogP contribution in [0.4, 0.5) is 5.13 Å². The smallest absolute Gasteiger partial charge is 0.244 e. The molecule has 0 unspecified atom stereocenters. The van der Waals surface area contributed by atoms with E-state index in [-0.39, 0.29) is 12.3 Å². The molecule has 3 rings (SSSR count). The number of amides is 1. The highest BCUT2D eigenvalue weighted by Crippen LogP contribution is 2.33. The molecule has 0 fully saturated rings. The number of rotatable bonds is 7. The Kier molecular flexibility index (Phi) is 5.95. The number of thiazole rings is 1. The van der Waals surface area contributed by atoms with E-state index in [2.05, 4.69) is 15.5 Å². The summed E-state index contributed by atoms with van der Waals surface area (Å²) in [7, 11) is 4.63. The number of carbonyl (C=O) groups excluding carboxylic acids is 1. The number of methoxy groups -OCH3 is 3. The van der Waals surface area contributed by atoms with Gasteiger partial charge in [-0.2, -0.15) is 5.10 Å². The zero-order valence-electron chi connectivity index (χ0n) is 15.7. The number of nitrogen functional groups attached to an aromatic ring is 1. The first-order valence-corrected chi connectivity index (χ1v) is 9.12. The Hall–Kier alpha value is -3.33. The van der Waals surface area contributed by atoms with E-state index in [0.29, 0.717) is 27.9 Å². The van der Waals surface area contributed by atoms with Gasteiger partial charge < -0.3 is 19.9 Å². The predicted octanol–water partition coefficient (Wildman–Crippen LogP) is 2.60. The molecule has 8 nitrogen and oxygen atoms in total. The van der Waals surface area contributed by atoms with Crippen molar-refractivity contribution in [2.45, 2.75) is 6.42 Å². The lowest BCUT2D eigenvalue weighted by Crippen LogP contribution is -2.19. The number of hydrazone groups is 1. The van der Waals surface area contributed by atoms with E-state index in [1.807, 2.05) is 18.2 Å². The molecule has 0 aliphatic carbocycles. The number of hydrogen-bond donors (Lipinski definition) is 2. The number of benzene rings is 2. The molecule has 28 heavy (non-hydrogen) atoms. The van der Waals surface area contributed by atoms with Crippen LogP contribution >= 0.6 is 11.3 Å². The highest BCUT2D eigenvalue weighted by atomic mass is 32.1. The van der Waals surface area contributed by atoms with Crippen LogP contribution in [0.25, 0.3) is 10.2 Å². The van der Waals surface area contributed by atoms with Crippen LogP contribution in [0.5, 0.6) is 17.2 Å². The summed E-state index contributed by atoms with van der Waals surface area (Å²) in [5, 5.41) is 4.52. The highest BCUT2D eigenvalue weighted by molar-refractivity contribution is 7.22. The molecule has 3 aromatic rings. The monoisotopic (exact) mass is 400 g/mol. The molecular weight excluding hydrogens is 380 g/mol. The van der Waals surface area contributed by atoms with Gasteiger partial charge in [0.1, 0.15) is 5.75 Å². The van der Waals surface area contributed by atoms with Crippen molar-refractivity contribution in [3.63, 3.8) is 0 Å². The highest BCUT2D eigenvalue weighted by Gasteiger charge is 2.11. The Balaban J connectivity index is 1.68. The number of carbonyl (C=O) groups is 1. The van der Waals surface area contributed by atoms with Gasteiger partial charge in [-0.3, -0.25) is 4.79 Å². The molecule has 0 saturated carbocycles. The van der Waals surface area contributed by atoms with Gasteiger partial charge in [0, 0.05) is 11.6 Å². The summed E-state index contributed by atoms with van der Waals surface area (Å²) in [6.45, 7) is 0. The molecule has 9 heteroatoms. The molecule has 3 N–H and O–H groups in total. The van der Waals surface area contributed by atoms with Crippen LogP contribution in [0.2, 0.25) is 0 Å². The third-order valence-electron chi connectivity index (χ3n) is 3.96. The fraction of sp³-hybridized carbons (Fsp3) is 0.211. The number of fused-ring (bicyclic) bond motifs is 1. The van der Waals surface area contributed by atoms with Gasteiger partial charge in [-0.1, -0.05) is 17.4 Å². The van der Waals surface area contributed by atoms with E-state index < -0.39 is 0 Å². The first kappa shape index (κ1) is 19.4. The summed E-state index contributed by atoms with van der Waals surface area (Å²) in [5.41, 5.74) is 10.5. The normalized spacial score (nSPS) is 11.0. The average molecular weight is 400 g/mol. The zero-order chi connectivity index (χ0) is 20.1. The second kappa shape index (κ2) is 8.57. The van der Waals surface area contributed by atoms with Crippen LogP contribution < -0.4 is 25.4 Å². The molecule has 0 bridgehead atoms. The number of aromatic nitrogens is 1. The van der Waals surface area contributed by atoms with Gasteiger partial charge >= 0.3 is 0 Å². The fourth-order valence-electron chi connectivity index (χ4n) is 2.65. The minimum atomic E-state index is -0.243. The van der Waals surface area contributed by atoms with E-state index in [9.17, 15) is 4.79 Å². The van der Waals surface area contributed by atoms with Crippen molar-refractivity contribution in [3.05, 3.63) is 41.5 Å². The summed E-state index contributed by atoms with van der Waals surface area (Å²) < 4.78 is 16.8.